The summed E-state index contributed by atoms with van der Waals surface area (Å²) in [5, 5.41) is 2.55. The standard InChI is InChI=1S/C23H43NO4/c1-3-4-5-6-10-13-16-19-28-20-17-14-11-8-7-9-12-15-18-22(25)24-21-23(26)27-2/h11,14H,3-10,12-13,15-21H2,1-2H3,(H,24,25). The second-order valence-electron chi connectivity index (χ2n) is 7.30. The van der Waals surface area contributed by atoms with E-state index in [0.29, 0.717) is 6.42 Å². The Hall–Kier alpha value is -1.36. The van der Waals surface area contributed by atoms with E-state index in [0.717, 1.165) is 51.7 Å². The zero-order chi connectivity index (χ0) is 20.7. The minimum atomic E-state index is -0.414. The van der Waals surface area contributed by atoms with Gasteiger partial charge in [0.05, 0.1) is 13.7 Å². The summed E-state index contributed by atoms with van der Waals surface area (Å²) in [6, 6.07) is 0. The van der Waals surface area contributed by atoms with Crippen molar-refractivity contribution in [1.82, 2.24) is 5.32 Å². The fourth-order valence-electron chi connectivity index (χ4n) is 2.88. The Kier molecular flexibility index (Phi) is 20.9. The Morgan fingerprint density at radius 1 is 0.786 bits per heavy atom. The molecule has 0 aliphatic rings. The van der Waals surface area contributed by atoms with Crippen molar-refractivity contribution in [2.45, 2.75) is 96.8 Å². The molecule has 0 heterocycles. The van der Waals surface area contributed by atoms with Gasteiger partial charge in [0.1, 0.15) is 6.54 Å². The van der Waals surface area contributed by atoms with Gasteiger partial charge in [-0.3, -0.25) is 9.59 Å². The number of ether oxygens (including phenoxy) is 2. The highest BCUT2D eigenvalue weighted by atomic mass is 16.5. The second kappa shape index (κ2) is 21.9. The van der Waals surface area contributed by atoms with Crippen molar-refractivity contribution in [3.8, 4) is 0 Å². The van der Waals surface area contributed by atoms with Crippen LogP contribution in [0.15, 0.2) is 12.2 Å². The summed E-state index contributed by atoms with van der Waals surface area (Å²) in [4.78, 5) is 22.4. The van der Waals surface area contributed by atoms with Crippen LogP contribution in [0.3, 0.4) is 0 Å². The van der Waals surface area contributed by atoms with E-state index in [9.17, 15) is 9.59 Å². The van der Waals surface area contributed by atoms with Crippen LogP contribution in [0.25, 0.3) is 0 Å². The number of esters is 1. The van der Waals surface area contributed by atoms with E-state index in [1.165, 1.54) is 52.1 Å². The van der Waals surface area contributed by atoms with Crippen LogP contribution < -0.4 is 5.32 Å². The van der Waals surface area contributed by atoms with Crippen LogP contribution in [0.1, 0.15) is 96.8 Å². The lowest BCUT2D eigenvalue weighted by molar-refractivity contribution is -0.141. The molecule has 0 atom stereocenters. The van der Waals surface area contributed by atoms with Gasteiger partial charge in [0.2, 0.25) is 5.91 Å². The van der Waals surface area contributed by atoms with Gasteiger partial charge >= 0.3 is 5.97 Å². The molecule has 0 aromatic heterocycles. The van der Waals surface area contributed by atoms with Crippen LogP contribution in [0.2, 0.25) is 0 Å². The minimum absolute atomic E-state index is 0.0388. The van der Waals surface area contributed by atoms with Gasteiger partial charge in [0.15, 0.2) is 0 Å². The summed E-state index contributed by atoms with van der Waals surface area (Å²) < 4.78 is 10.1. The van der Waals surface area contributed by atoms with Crippen molar-refractivity contribution in [1.29, 1.82) is 0 Å². The molecule has 0 aromatic rings. The van der Waals surface area contributed by atoms with E-state index in [1.807, 2.05) is 0 Å². The fourth-order valence-corrected chi connectivity index (χ4v) is 2.88. The first kappa shape index (κ1) is 26.6. The molecule has 5 nitrogen and oxygen atoms in total. The summed E-state index contributed by atoms with van der Waals surface area (Å²) >= 11 is 0. The van der Waals surface area contributed by atoms with Crippen LogP contribution in [0.4, 0.5) is 0 Å². The Labute approximate surface area is 172 Å². The Balaban J connectivity index is 3.22. The van der Waals surface area contributed by atoms with Gasteiger partial charge in [0, 0.05) is 13.0 Å². The maximum atomic E-state index is 11.5. The van der Waals surface area contributed by atoms with Crippen molar-refractivity contribution >= 4 is 11.9 Å². The molecule has 0 aliphatic heterocycles. The van der Waals surface area contributed by atoms with Gasteiger partial charge in [-0.15, -0.1) is 0 Å². The van der Waals surface area contributed by atoms with Gasteiger partial charge < -0.3 is 14.8 Å². The first-order chi connectivity index (χ1) is 13.7. The van der Waals surface area contributed by atoms with Crippen LogP contribution >= 0.6 is 0 Å². The zero-order valence-corrected chi connectivity index (χ0v) is 18.3. The number of carbonyl (C=O) groups is 2. The Morgan fingerprint density at radius 3 is 2.18 bits per heavy atom. The number of nitrogens with one attached hydrogen (secondary N) is 1. The third-order valence-corrected chi connectivity index (χ3v) is 4.67. The minimum Gasteiger partial charge on any atom is -0.468 e. The molecule has 1 amide bonds. The maximum absolute atomic E-state index is 11.5. The lowest BCUT2D eigenvalue weighted by Crippen LogP contribution is -2.29. The van der Waals surface area contributed by atoms with E-state index in [-0.39, 0.29) is 12.5 Å². The molecule has 0 spiro atoms. The number of unbranched alkanes of at least 4 members (excludes halogenated alkanes) is 10. The highest BCUT2D eigenvalue weighted by molar-refractivity contribution is 5.81. The van der Waals surface area contributed by atoms with Crippen molar-refractivity contribution in [3.63, 3.8) is 0 Å². The molecule has 5 heteroatoms. The first-order valence-electron chi connectivity index (χ1n) is 11.3. The second-order valence-corrected chi connectivity index (χ2v) is 7.30. The smallest absolute Gasteiger partial charge is 0.325 e. The molecule has 0 aliphatic carbocycles. The van der Waals surface area contributed by atoms with Crippen molar-refractivity contribution in [3.05, 3.63) is 12.2 Å². The summed E-state index contributed by atoms with van der Waals surface area (Å²) in [5.74, 6) is -0.495. The topological polar surface area (TPSA) is 64.6 Å². The molecule has 28 heavy (non-hydrogen) atoms. The number of hydrogen-bond donors (Lipinski definition) is 1. The molecule has 0 aromatic carbocycles. The summed E-state index contributed by atoms with van der Waals surface area (Å²) in [6.07, 6.45) is 20.5. The number of amides is 1. The molecule has 0 rings (SSSR count). The first-order valence-corrected chi connectivity index (χ1v) is 11.3. The van der Waals surface area contributed by atoms with Crippen LogP contribution in [-0.4, -0.2) is 38.7 Å². The van der Waals surface area contributed by atoms with Gasteiger partial charge in [0.25, 0.3) is 0 Å². The Bertz CT molecular complexity index is 396. The molecule has 164 valence electrons. The van der Waals surface area contributed by atoms with E-state index in [1.54, 1.807) is 0 Å². The van der Waals surface area contributed by atoms with E-state index in [2.05, 4.69) is 29.1 Å². The number of carbonyl (C=O) groups excluding carboxylic acids is 2. The van der Waals surface area contributed by atoms with Gasteiger partial charge in [-0.25, -0.2) is 0 Å². The maximum Gasteiger partial charge on any atom is 0.325 e. The van der Waals surface area contributed by atoms with E-state index < -0.39 is 5.97 Å². The summed E-state index contributed by atoms with van der Waals surface area (Å²) in [5.41, 5.74) is 0. The number of methoxy groups -OCH3 is 1. The molecular formula is C23H43NO4. The predicted octanol–water partition coefficient (Wildman–Crippen LogP) is 5.33. The average molecular weight is 398 g/mol. The fraction of sp³-hybridized carbons (Fsp3) is 0.826. The molecule has 0 bridgehead atoms. The molecule has 0 radical (unpaired) electrons. The predicted molar refractivity (Wildman–Crippen MR) is 115 cm³/mol. The van der Waals surface area contributed by atoms with E-state index in [4.69, 9.17) is 4.74 Å². The third kappa shape index (κ3) is 20.9. The highest BCUT2D eigenvalue weighted by Gasteiger charge is 2.04. The lowest BCUT2D eigenvalue weighted by Gasteiger charge is -2.03. The van der Waals surface area contributed by atoms with Crippen molar-refractivity contribution in [2.24, 2.45) is 0 Å². The van der Waals surface area contributed by atoms with Crippen molar-refractivity contribution in [2.75, 3.05) is 26.9 Å². The molecule has 0 fully saturated rings. The summed E-state index contributed by atoms with van der Waals surface area (Å²) in [7, 11) is 1.31. The largest absolute Gasteiger partial charge is 0.468 e. The normalized spacial score (nSPS) is 11.1. The lowest BCUT2D eigenvalue weighted by atomic mass is 10.1. The third-order valence-electron chi connectivity index (χ3n) is 4.67. The molecule has 0 saturated carbocycles. The monoisotopic (exact) mass is 397 g/mol. The van der Waals surface area contributed by atoms with Gasteiger partial charge in [-0.1, -0.05) is 70.4 Å². The van der Waals surface area contributed by atoms with E-state index >= 15 is 0 Å². The summed E-state index contributed by atoms with van der Waals surface area (Å²) in [6.45, 7) is 3.94. The van der Waals surface area contributed by atoms with Gasteiger partial charge in [-0.05, 0) is 32.1 Å². The molecular weight excluding hydrogens is 354 g/mol. The molecule has 0 unspecified atom stereocenters. The number of allylic oxidation sites excluding steroid dienone is 1. The van der Waals surface area contributed by atoms with Crippen LogP contribution in [0.5, 0.6) is 0 Å². The number of rotatable bonds is 20. The van der Waals surface area contributed by atoms with Gasteiger partial charge in [-0.2, -0.15) is 0 Å². The average Bonchev–Trinajstić information content (AvgIpc) is 2.71. The van der Waals surface area contributed by atoms with Crippen LogP contribution in [0, 0.1) is 0 Å². The number of hydrogen-bond acceptors (Lipinski definition) is 4. The quantitative estimate of drug-likeness (QED) is 0.171. The van der Waals surface area contributed by atoms with Crippen LogP contribution in [-0.2, 0) is 19.1 Å². The highest BCUT2D eigenvalue weighted by Crippen LogP contribution is 2.08. The Morgan fingerprint density at radius 2 is 1.43 bits per heavy atom. The van der Waals surface area contributed by atoms with Crippen molar-refractivity contribution < 1.29 is 19.1 Å². The SMILES string of the molecule is CCCCCCCCCOCCC=CCCCCCCC(=O)NCC(=O)OC. The molecule has 1 N–H and O–H groups in total. The molecule has 0 saturated heterocycles. The zero-order valence-electron chi connectivity index (χ0n) is 18.3.